The van der Waals surface area contributed by atoms with Gasteiger partial charge in [-0.2, -0.15) is 0 Å². The van der Waals surface area contributed by atoms with Crippen molar-refractivity contribution in [1.29, 1.82) is 0 Å². The normalized spacial score (nSPS) is 11.6. The first-order valence-electron chi connectivity index (χ1n) is 10.2. The Kier molecular flexibility index (Phi) is 6.47. The summed E-state index contributed by atoms with van der Waals surface area (Å²) >= 11 is 12.4. The van der Waals surface area contributed by atoms with Crippen LogP contribution in [-0.4, -0.2) is 29.6 Å². The SMILES string of the molecule is CCS(=O)(=O)N(C(=O)c1ccc2nc(C)n(Cc3ccc(Cl)cc3Cl)c2c1)c1ccccc1. The second kappa shape index (κ2) is 9.17. The van der Waals surface area contributed by atoms with Crippen molar-refractivity contribution in [3.8, 4) is 0 Å². The minimum absolute atomic E-state index is 0.206. The number of rotatable bonds is 6. The molecule has 0 saturated carbocycles. The van der Waals surface area contributed by atoms with Gasteiger partial charge >= 0.3 is 0 Å². The van der Waals surface area contributed by atoms with Crippen LogP contribution in [0.4, 0.5) is 5.69 Å². The lowest BCUT2D eigenvalue weighted by molar-refractivity contribution is 0.101. The van der Waals surface area contributed by atoms with Crippen LogP contribution in [-0.2, 0) is 16.6 Å². The number of para-hydroxylation sites is 1. The number of sulfonamides is 1. The number of anilines is 1. The minimum Gasteiger partial charge on any atom is -0.324 e. The molecule has 0 aliphatic heterocycles. The lowest BCUT2D eigenvalue weighted by Gasteiger charge is -2.22. The summed E-state index contributed by atoms with van der Waals surface area (Å²) in [5, 5.41) is 1.07. The van der Waals surface area contributed by atoms with E-state index in [1.165, 1.54) is 6.92 Å². The van der Waals surface area contributed by atoms with Crippen LogP contribution in [0.15, 0.2) is 66.7 Å². The third kappa shape index (κ3) is 4.62. The van der Waals surface area contributed by atoms with E-state index in [9.17, 15) is 13.2 Å². The Hall–Kier alpha value is -2.87. The lowest BCUT2D eigenvalue weighted by atomic mass is 10.1. The molecule has 0 radical (unpaired) electrons. The van der Waals surface area contributed by atoms with E-state index in [0.29, 0.717) is 33.3 Å². The molecule has 0 saturated heterocycles. The number of hydrogen-bond acceptors (Lipinski definition) is 4. The Morgan fingerprint density at radius 2 is 1.76 bits per heavy atom. The average Bonchev–Trinajstić information content (AvgIpc) is 3.10. The maximum atomic E-state index is 13.4. The Bertz CT molecular complexity index is 1450. The maximum absolute atomic E-state index is 13.4. The number of nitrogens with zero attached hydrogens (tertiary/aromatic N) is 3. The van der Waals surface area contributed by atoms with Crippen molar-refractivity contribution in [3.63, 3.8) is 0 Å². The number of imidazole rings is 1. The van der Waals surface area contributed by atoms with Gasteiger partial charge in [0.2, 0.25) is 10.0 Å². The van der Waals surface area contributed by atoms with E-state index in [4.69, 9.17) is 23.2 Å². The van der Waals surface area contributed by atoms with Crippen molar-refractivity contribution in [2.45, 2.75) is 20.4 Å². The smallest absolute Gasteiger partial charge is 0.272 e. The summed E-state index contributed by atoms with van der Waals surface area (Å²) in [4.78, 5) is 18.0. The van der Waals surface area contributed by atoms with Gasteiger partial charge in [0.1, 0.15) is 5.82 Å². The number of halogens is 2. The molecule has 6 nitrogen and oxygen atoms in total. The quantitative estimate of drug-likeness (QED) is 0.339. The summed E-state index contributed by atoms with van der Waals surface area (Å²) in [5.74, 6) is -0.0938. The molecule has 0 fully saturated rings. The van der Waals surface area contributed by atoms with Crippen LogP contribution < -0.4 is 4.31 Å². The Balaban J connectivity index is 1.80. The van der Waals surface area contributed by atoms with Crippen LogP contribution in [0, 0.1) is 6.92 Å². The molecule has 3 aromatic carbocycles. The van der Waals surface area contributed by atoms with E-state index in [2.05, 4.69) is 4.98 Å². The molecule has 0 aliphatic rings. The molecule has 9 heteroatoms. The Labute approximate surface area is 202 Å². The van der Waals surface area contributed by atoms with Gasteiger partial charge in [-0.15, -0.1) is 0 Å². The van der Waals surface area contributed by atoms with Crippen LogP contribution in [0.2, 0.25) is 10.0 Å². The molecule has 1 amide bonds. The highest BCUT2D eigenvalue weighted by Crippen LogP contribution is 2.27. The van der Waals surface area contributed by atoms with Crippen molar-refractivity contribution in [2.75, 3.05) is 10.1 Å². The molecule has 1 aromatic heterocycles. The first-order valence-corrected chi connectivity index (χ1v) is 12.6. The summed E-state index contributed by atoms with van der Waals surface area (Å²) < 4.78 is 28.4. The molecule has 0 atom stereocenters. The second-order valence-electron chi connectivity index (χ2n) is 7.49. The number of aromatic nitrogens is 2. The Morgan fingerprint density at radius 3 is 2.42 bits per heavy atom. The van der Waals surface area contributed by atoms with Gasteiger partial charge in [-0.05, 0) is 61.9 Å². The monoisotopic (exact) mass is 501 g/mol. The number of fused-ring (bicyclic) bond motifs is 1. The molecule has 0 N–H and O–H groups in total. The van der Waals surface area contributed by atoms with Crippen molar-refractivity contribution in [3.05, 3.63) is 93.7 Å². The van der Waals surface area contributed by atoms with E-state index in [0.717, 1.165) is 15.7 Å². The fraction of sp³-hybridized carbons (Fsp3) is 0.167. The Morgan fingerprint density at radius 1 is 1.03 bits per heavy atom. The van der Waals surface area contributed by atoms with Gasteiger partial charge in [-0.25, -0.2) is 17.7 Å². The molecule has 0 unspecified atom stereocenters. The fourth-order valence-corrected chi connectivity index (χ4v) is 5.14. The highest BCUT2D eigenvalue weighted by atomic mass is 35.5. The molecule has 33 heavy (non-hydrogen) atoms. The van der Waals surface area contributed by atoms with E-state index >= 15 is 0 Å². The number of aryl methyl sites for hydroxylation is 1. The predicted octanol–water partition coefficient (Wildman–Crippen LogP) is 5.70. The number of benzene rings is 3. The molecule has 1 heterocycles. The number of hydrogen-bond donors (Lipinski definition) is 0. The number of carbonyl (C=O) groups is 1. The summed E-state index contributed by atoms with van der Waals surface area (Å²) in [6, 6.07) is 18.6. The zero-order valence-electron chi connectivity index (χ0n) is 18.0. The van der Waals surface area contributed by atoms with Gasteiger partial charge in [0, 0.05) is 15.6 Å². The lowest BCUT2D eigenvalue weighted by Crippen LogP contribution is -2.38. The molecule has 0 spiro atoms. The van der Waals surface area contributed by atoms with E-state index < -0.39 is 15.9 Å². The van der Waals surface area contributed by atoms with Gasteiger partial charge in [0.05, 0.1) is 29.0 Å². The molecule has 0 aliphatic carbocycles. The summed E-state index contributed by atoms with van der Waals surface area (Å²) in [6.07, 6.45) is 0. The summed E-state index contributed by atoms with van der Waals surface area (Å²) in [7, 11) is -3.85. The maximum Gasteiger partial charge on any atom is 0.272 e. The fourth-order valence-electron chi connectivity index (χ4n) is 3.61. The summed E-state index contributed by atoms with van der Waals surface area (Å²) in [5.41, 5.74) is 2.78. The zero-order valence-corrected chi connectivity index (χ0v) is 20.3. The van der Waals surface area contributed by atoms with Crippen molar-refractivity contribution in [1.82, 2.24) is 9.55 Å². The molecular weight excluding hydrogens is 481 g/mol. The molecular formula is C24H21Cl2N3O3S. The summed E-state index contributed by atoms with van der Waals surface area (Å²) in [6.45, 7) is 3.80. The second-order valence-corrected chi connectivity index (χ2v) is 10.4. The predicted molar refractivity (Wildman–Crippen MR) is 133 cm³/mol. The average molecular weight is 502 g/mol. The first-order chi connectivity index (χ1) is 15.7. The van der Waals surface area contributed by atoms with Crippen LogP contribution in [0.25, 0.3) is 11.0 Å². The van der Waals surface area contributed by atoms with E-state index in [-0.39, 0.29) is 11.3 Å². The third-order valence-corrected chi connectivity index (χ3v) is 7.60. The number of amides is 1. The van der Waals surface area contributed by atoms with Crippen molar-refractivity contribution < 1.29 is 13.2 Å². The van der Waals surface area contributed by atoms with Crippen LogP contribution >= 0.6 is 23.2 Å². The van der Waals surface area contributed by atoms with Crippen LogP contribution in [0.3, 0.4) is 0 Å². The molecule has 4 rings (SSSR count). The first kappa shape index (κ1) is 23.3. The van der Waals surface area contributed by atoms with Gasteiger partial charge in [-0.3, -0.25) is 4.79 Å². The largest absolute Gasteiger partial charge is 0.324 e. The van der Waals surface area contributed by atoms with E-state index in [1.54, 1.807) is 60.7 Å². The van der Waals surface area contributed by atoms with Crippen molar-refractivity contribution >= 4 is 55.9 Å². The van der Waals surface area contributed by atoms with Gasteiger partial charge < -0.3 is 4.57 Å². The topological polar surface area (TPSA) is 72.3 Å². The van der Waals surface area contributed by atoms with Crippen LogP contribution in [0.1, 0.15) is 28.7 Å². The molecule has 170 valence electrons. The van der Waals surface area contributed by atoms with E-state index in [1.807, 2.05) is 17.6 Å². The van der Waals surface area contributed by atoms with Crippen molar-refractivity contribution in [2.24, 2.45) is 0 Å². The van der Waals surface area contributed by atoms with Gasteiger partial charge in [-0.1, -0.05) is 47.5 Å². The van der Waals surface area contributed by atoms with Crippen LogP contribution in [0.5, 0.6) is 0 Å². The molecule has 4 aromatic rings. The molecule has 0 bridgehead atoms. The highest BCUT2D eigenvalue weighted by molar-refractivity contribution is 7.93. The van der Waals surface area contributed by atoms with Gasteiger partial charge in [0.15, 0.2) is 0 Å². The standard InChI is InChI=1S/C24H21Cl2N3O3S/c1-3-33(31,32)29(20-7-5-4-6-8-20)24(30)17-10-12-22-23(13-17)28(16(2)27-22)15-18-9-11-19(25)14-21(18)26/h4-14H,3,15H2,1-2H3. The third-order valence-electron chi connectivity index (χ3n) is 5.35. The number of carbonyl (C=O) groups excluding carboxylic acids is 1. The highest BCUT2D eigenvalue weighted by Gasteiger charge is 2.29. The minimum atomic E-state index is -3.85. The zero-order chi connectivity index (χ0) is 23.8. The van der Waals surface area contributed by atoms with Gasteiger partial charge in [0.25, 0.3) is 5.91 Å².